The number of likely N-dealkylation sites (tertiary alicyclic amines) is 1. The van der Waals surface area contributed by atoms with Crippen LogP contribution in [0.4, 0.5) is 4.79 Å². The van der Waals surface area contributed by atoms with Gasteiger partial charge in [0.2, 0.25) is 0 Å². The van der Waals surface area contributed by atoms with Gasteiger partial charge in [-0.3, -0.25) is 24.0 Å². The fourth-order valence-electron chi connectivity index (χ4n) is 11.6. The average molecular weight is 848 g/mol. The lowest BCUT2D eigenvalue weighted by molar-refractivity contribution is -0.0592. The largest absolute Gasteiger partial charge is 0.446 e. The summed E-state index contributed by atoms with van der Waals surface area (Å²) in [5.74, 6) is 4.69. The van der Waals surface area contributed by atoms with Crippen LogP contribution in [0.5, 0.6) is 0 Å². The Hall–Kier alpha value is -2.71. The minimum absolute atomic E-state index is 0.0242. The number of amides is 1. The van der Waals surface area contributed by atoms with Crippen LogP contribution in [-0.2, 0) is 23.1 Å². The van der Waals surface area contributed by atoms with E-state index in [0.717, 1.165) is 67.6 Å². The molecule has 0 bridgehead atoms. The number of aliphatic imine (C=N–C) groups is 3. The molecule has 1 heterocycles. The van der Waals surface area contributed by atoms with E-state index in [1.165, 1.54) is 51.4 Å². The van der Waals surface area contributed by atoms with E-state index in [-0.39, 0.29) is 75.0 Å². The van der Waals surface area contributed by atoms with Crippen molar-refractivity contribution >= 4 is 32.0 Å². The molecule has 3 saturated carbocycles. The Labute approximate surface area is 354 Å². The van der Waals surface area contributed by atoms with Crippen molar-refractivity contribution in [3.8, 4) is 0 Å². The molecule has 0 aromatic rings. The molecule has 16 heteroatoms. The molecule has 0 aromatic carbocycles. The number of nitrogens with one attached hydrogen (secondary N) is 1. The number of carbonyl (C=O) groups is 1. The van der Waals surface area contributed by atoms with Gasteiger partial charge >= 0.3 is 13.8 Å². The maximum absolute atomic E-state index is 13.6. The van der Waals surface area contributed by atoms with Crippen molar-refractivity contribution in [1.29, 1.82) is 0 Å². The van der Waals surface area contributed by atoms with Crippen LogP contribution in [0.25, 0.3) is 0 Å². The Bertz CT molecular complexity index is 1510. The van der Waals surface area contributed by atoms with Crippen LogP contribution in [0.15, 0.2) is 26.6 Å². The lowest BCUT2D eigenvalue weighted by atomic mass is 9.47. The van der Waals surface area contributed by atoms with Crippen LogP contribution in [0.3, 0.4) is 0 Å². The Morgan fingerprint density at radius 1 is 0.932 bits per heavy atom. The first-order valence-electron chi connectivity index (χ1n) is 22.6. The van der Waals surface area contributed by atoms with Crippen molar-refractivity contribution < 1.29 is 27.9 Å². The third-order valence-electron chi connectivity index (χ3n) is 14.5. The molecule has 15 nitrogen and oxygen atoms in total. The van der Waals surface area contributed by atoms with E-state index in [2.05, 4.69) is 60.8 Å². The molecule has 9 unspecified atom stereocenters. The summed E-state index contributed by atoms with van der Waals surface area (Å²) in [7, 11) is -3.69. The molecule has 4 aliphatic carbocycles. The first kappa shape index (κ1) is 47.3. The highest BCUT2D eigenvalue weighted by molar-refractivity contribution is 7.51. The van der Waals surface area contributed by atoms with Crippen molar-refractivity contribution in [3.05, 3.63) is 11.6 Å². The molecular formula is C43H78N9O6P. The van der Waals surface area contributed by atoms with E-state index >= 15 is 0 Å². The topological polar surface area (TPSA) is 227 Å². The molecule has 1 aliphatic heterocycles. The Balaban J connectivity index is 1.03. The second kappa shape index (κ2) is 21.9. The molecule has 0 radical (unpaired) electrons. The number of allylic oxidation sites excluding steroid dienone is 1. The SMILES string of the molecule is CC(C)CCCC(C)C1CCC2C3CC=C4CC(OC(=O)N5CCCC5C=NCCOCCNP(=O)(OCCN=C(N)N)OCCN=C(N)N)CCC4(C)C3CCC12C. The Morgan fingerprint density at radius 3 is 2.36 bits per heavy atom. The summed E-state index contributed by atoms with van der Waals surface area (Å²) in [5, 5.41) is 2.77. The van der Waals surface area contributed by atoms with E-state index < -0.39 is 7.75 Å². The van der Waals surface area contributed by atoms with Crippen LogP contribution < -0.4 is 28.0 Å². The molecule has 1 saturated heterocycles. The fraction of sp³-hybridized carbons (Fsp3) is 0.860. The normalized spacial score (nSPS) is 31.0. The highest BCUT2D eigenvalue weighted by atomic mass is 31.2. The van der Waals surface area contributed by atoms with Crippen LogP contribution in [0.1, 0.15) is 118 Å². The van der Waals surface area contributed by atoms with E-state index in [4.69, 9.17) is 41.5 Å². The number of nitrogens with two attached hydrogens (primary N) is 4. The summed E-state index contributed by atoms with van der Waals surface area (Å²) in [6.07, 6.45) is 19.7. The van der Waals surface area contributed by atoms with Gasteiger partial charge in [0, 0.05) is 25.7 Å². The summed E-state index contributed by atoms with van der Waals surface area (Å²) in [6, 6.07) is -0.0875. The number of ether oxygens (including phenoxy) is 2. The van der Waals surface area contributed by atoms with Gasteiger partial charge in [-0.2, -0.15) is 0 Å². The van der Waals surface area contributed by atoms with Crippen LogP contribution in [0, 0.1) is 46.3 Å². The molecule has 1 amide bonds. The number of hydrogen-bond donors (Lipinski definition) is 5. The van der Waals surface area contributed by atoms with E-state index in [1.807, 2.05) is 11.1 Å². The Morgan fingerprint density at radius 2 is 1.66 bits per heavy atom. The number of hydrogen-bond acceptors (Lipinski definition) is 9. The van der Waals surface area contributed by atoms with E-state index in [0.29, 0.717) is 25.1 Å². The highest BCUT2D eigenvalue weighted by Gasteiger charge is 2.59. The standard InChI is InChI=1S/C43H78N9O6P/c1-30(2)8-6-9-31(3)36-13-14-37-35-12-11-32-28-34(15-17-42(32,4)38(35)16-18-43(36,37)5)58-41(53)52-23-7-10-33(52)29-48-19-24-55-25-22-51-59(54,56-26-20-49-39(44)45)57-27-21-50-40(46)47/h11,29-31,33-38H,6-10,12-28H2,1-5H3,(H,51,54)(H4,44,45,49)(H4,46,47,50). The van der Waals surface area contributed by atoms with E-state index in [1.54, 1.807) is 5.57 Å². The van der Waals surface area contributed by atoms with Crippen LogP contribution in [-0.4, -0.2) is 100 Å². The smallest absolute Gasteiger partial charge is 0.410 e. The van der Waals surface area contributed by atoms with E-state index in [9.17, 15) is 9.36 Å². The molecule has 59 heavy (non-hydrogen) atoms. The summed E-state index contributed by atoms with van der Waals surface area (Å²) >= 11 is 0. The second-order valence-electron chi connectivity index (χ2n) is 18.8. The van der Waals surface area contributed by atoms with Crippen molar-refractivity contribution in [1.82, 2.24) is 9.99 Å². The number of guanidine groups is 2. The third kappa shape index (κ3) is 12.7. The number of nitrogens with zero attached hydrogens (tertiary/aromatic N) is 4. The van der Waals surface area contributed by atoms with Crippen molar-refractivity contribution in [2.45, 2.75) is 130 Å². The summed E-state index contributed by atoms with van der Waals surface area (Å²) in [6.45, 7) is 14.6. The van der Waals surface area contributed by atoms with Gasteiger partial charge in [0.1, 0.15) is 6.10 Å². The summed E-state index contributed by atoms with van der Waals surface area (Å²) in [5.41, 5.74) is 23.6. The minimum atomic E-state index is -3.69. The van der Waals surface area contributed by atoms with Crippen LogP contribution in [0.2, 0.25) is 0 Å². The first-order valence-corrected chi connectivity index (χ1v) is 24.2. The van der Waals surface area contributed by atoms with Gasteiger partial charge in [-0.15, -0.1) is 0 Å². The van der Waals surface area contributed by atoms with Crippen molar-refractivity contribution in [3.63, 3.8) is 0 Å². The van der Waals surface area contributed by atoms with Gasteiger partial charge in [0.25, 0.3) is 0 Å². The molecule has 336 valence electrons. The monoisotopic (exact) mass is 848 g/mol. The zero-order valence-electron chi connectivity index (χ0n) is 36.8. The van der Waals surface area contributed by atoms with Gasteiger partial charge in [-0.25, -0.2) is 14.4 Å². The van der Waals surface area contributed by atoms with Crippen molar-refractivity contribution in [2.24, 2.45) is 84.2 Å². The maximum atomic E-state index is 13.6. The predicted octanol–water partition coefficient (Wildman–Crippen LogP) is 6.36. The Kier molecular flexibility index (Phi) is 17.6. The zero-order valence-corrected chi connectivity index (χ0v) is 37.7. The number of carbonyl (C=O) groups excluding carboxylic acids is 1. The summed E-state index contributed by atoms with van der Waals surface area (Å²) < 4.78 is 35.9. The zero-order chi connectivity index (χ0) is 42.6. The average Bonchev–Trinajstić information content (AvgIpc) is 3.80. The number of rotatable bonds is 22. The number of fused-ring (bicyclic) bond motifs is 5. The third-order valence-corrected chi connectivity index (χ3v) is 16.2. The minimum Gasteiger partial charge on any atom is -0.446 e. The van der Waals surface area contributed by atoms with Gasteiger partial charge in [0.15, 0.2) is 11.9 Å². The molecule has 9 atom stereocenters. The summed E-state index contributed by atoms with van der Waals surface area (Å²) in [4.78, 5) is 27.6. The highest BCUT2D eigenvalue weighted by Crippen LogP contribution is 2.67. The quantitative estimate of drug-likeness (QED) is 0.0265. The molecule has 0 spiro atoms. The lowest BCUT2D eigenvalue weighted by Gasteiger charge is -2.58. The fourth-order valence-corrected chi connectivity index (χ4v) is 12.9. The predicted molar refractivity (Wildman–Crippen MR) is 236 cm³/mol. The molecule has 4 fully saturated rings. The second-order valence-corrected chi connectivity index (χ2v) is 20.6. The molecule has 5 aliphatic rings. The lowest BCUT2D eigenvalue weighted by Crippen LogP contribution is -2.51. The maximum Gasteiger partial charge on any atom is 0.410 e. The van der Waals surface area contributed by atoms with Crippen molar-refractivity contribution in [2.75, 3.05) is 59.2 Å². The molecular weight excluding hydrogens is 770 g/mol. The molecule has 5 rings (SSSR count). The molecule has 9 N–H and O–H groups in total. The van der Waals surface area contributed by atoms with Gasteiger partial charge in [-0.05, 0) is 104 Å². The van der Waals surface area contributed by atoms with Gasteiger partial charge in [-0.1, -0.05) is 65.5 Å². The molecule has 0 aromatic heterocycles. The van der Waals surface area contributed by atoms with Gasteiger partial charge in [0.05, 0.1) is 52.1 Å². The first-order chi connectivity index (χ1) is 28.1. The van der Waals surface area contributed by atoms with Crippen LogP contribution >= 0.6 is 7.75 Å². The van der Waals surface area contributed by atoms with Gasteiger partial charge < -0.3 is 37.3 Å².